The predicted molar refractivity (Wildman–Crippen MR) is 74.6 cm³/mol. The van der Waals surface area contributed by atoms with Crippen LogP contribution in [0.4, 0.5) is 4.39 Å². The van der Waals surface area contributed by atoms with Gasteiger partial charge in [0.2, 0.25) is 0 Å². The van der Waals surface area contributed by atoms with E-state index in [1.54, 1.807) is 24.3 Å². The summed E-state index contributed by atoms with van der Waals surface area (Å²) in [4.78, 5) is 4.47. The number of aromatic hydroxyl groups is 1. The van der Waals surface area contributed by atoms with Crippen LogP contribution in [-0.2, 0) is 0 Å². The Morgan fingerprint density at radius 3 is 2.58 bits per heavy atom. The zero-order chi connectivity index (χ0) is 13.2. The summed E-state index contributed by atoms with van der Waals surface area (Å²) in [6.45, 7) is 0. The minimum atomic E-state index is -0.274. The molecule has 0 saturated heterocycles. The van der Waals surface area contributed by atoms with Gasteiger partial charge in [-0.2, -0.15) is 0 Å². The molecule has 0 saturated carbocycles. The molecule has 2 aromatic carbocycles. The van der Waals surface area contributed by atoms with Crippen molar-refractivity contribution in [3.63, 3.8) is 0 Å². The number of phenols is 1. The topological polar surface area (TPSA) is 33.1 Å². The number of rotatable bonds is 2. The van der Waals surface area contributed by atoms with E-state index < -0.39 is 0 Å². The van der Waals surface area contributed by atoms with Crippen molar-refractivity contribution >= 4 is 11.3 Å². The Morgan fingerprint density at radius 1 is 1.00 bits per heavy atom. The summed E-state index contributed by atoms with van der Waals surface area (Å²) in [5, 5.41) is 12.1. The third-order valence-corrected chi connectivity index (χ3v) is 3.61. The van der Waals surface area contributed by atoms with E-state index in [9.17, 15) is 9.50 Å². The second-order valence-electron chi connectivity index (χ2n) is 4.10. The van der Waals surface area contributed by atoms with Crippen molar-refractivity contribution in [3.05, 3.63) is 59.7 Å². The lowest BCUT2D eigenvalue weighted by atomic mass is 10.1. The number of hydrogen-bond acceptors (Lipinski definition) is 3. The van der Waals surface area contributed by atoms with Crippen LogP contribution in [-0.4, -0.2) is 10.1 Å². The monoisotopic (exact) mass is 271 g/mol. The molecular weight excluding hydrogens is 261 g/mol. The van der Waals surface area contributed by atoms with E-state index in [2.05, 4.69) is 4.98 Å². The van der Waals surface area contributed by atoms with Crippen LogP contribution in [0.25, 0.3) is 21.8 Å². The van der Waals surface area contributed by atoms with Crippen molar-refractivity contribution in [1.29, 1.82) is 0 Å². The number of halogens is 1. The third-order valence-electron chi connectivity index (χ3n) is 2.72. The average Bonchev–Trinajstić information content (AvgIpc) is 2.88. The molecule has 0 amide bonds. The first-order valence-corrected chi connectivity index (χ1v) is 6.61. The van der Waals surface area contributed by atoms with Crippen molar-refractivity contribution in [3.8, 4) is 27.6 Å². The Kier molecular flexibility index (Phi) is 3.01. The Bertz CT molecular complexity index is 663. The van der Waals surface area contributed by atoms with E-state index in [4.69, 9.17) is 0 Å². The Hall–Kier alpha value is -2.20. The minimum Gasteiger partial charge on any atom is -0.508 e. The second kappa shape index (κ2) is 4.82. The first-order valence-electron chi connectivity index (χ1n) is 5.73. The van der Waals surface area contributed by atoms with Crippen LogP contribution >= 0.6 is 11.3 Å². The molecule has 0 aliphatic rings. The fourth-order valence-electron chi connectivity index (χ4n) is 1.83. The highest BCUT2D eigenvalue weighted by molar-refractivity contribution is 7.13. The lowest BCUT2D eigenvalue weighted by Crippen LogP contribution is -1.81. The predicted octanol–water partition coefficient (Wildman–Crippen LogP) is 4.32. The van der Waals surface area contributed by atoms with E-state index in [1.807, 2.05) is 17.5 Å². The van der Waals surface area contributed by atoms with Crippen LogP contribution in [0.3, 0.4) is 0 Å². The molecule has 0 fully saturated rings. The van der Waals surface area contributed by atoms with E-state index in [1.165, 1.54) is 23.5 Å². The first-order chi connectivity index (χ1) is 9.22. The number of hydrogen-bond donors (Lipinski definition) is 1. The third kappa shape index (κ3) is 2.48. The van der Waals surface area contributed by atoms with Gasteiger partial charge in [0.1, 0.15) is 16.6 Å². The molecule has 2 nitrogen and oxygen atoms in total. The zero-order valence-electron chi connectivity index (χ0n) is 9.88. The molecular formula is C15H10FNOS. The van der Waals surface area contributed by atoms with E-state index in [0.29, 0.717) is 0 Å². The lowest BCUT2D eigenvalue weighted by Gasteiger charge is -1.98. The fraction of sp³-hybridized carbons (Fsp3) is 0. The van der Waals surface area contributed by atoms with Gasteiger partial charge in [-0.05, 0) is 24.3 Å². The molecule has 0 bridgehead atoms. The maximum absolute atomic E-state index is 13.2. The normalized spacial score (nSPS) is 10.6. The quantitative estimate of drug-likeness (QED) is 0.753. The lowest BCUT2D eigenvalue weighted by molar-refractivity contribution is 0.475. The van der Waals surface area contributed by atoms with Crippen LogP contribution in [0.2, 0.25) is 0 Å². The van der Waals surface area contributed by atoms with Gasteiger partial charge in [0.15, 0.2) is 0 Å². The number of benzene rings is 2. The summed E-state index contributed by atoms with van der Waals surface area (Å²) in [5.41, 5.74) is 2.35. The highest BCUT2D eigenvalue weighted by atomic mass is 32.1. The van der Waals surface area contributed by atoms with Gasteiger partial charge < -0.3 is 5.11 Å². The Morgan fingerprint density at radius 2 is 1.79 bits per heavy atom. The summed E-state index contributed by atoms with van der Waals surface area (Å²) >= 11 is 1.47. The maximum atomic E-state index is 13.2. The molecule has 0 spiro atoms. The number of phenolic OH excluding ortho intramolecular Hbond substituents is 1. The van der Waals surface area contributed by atoms with Gasteiger partial charge in [-0.3, -0.25) is 0 Å². The largest absolute Gasteiger partial charge is 0.508 e. The van der Waals surface area contributed by atoms with E-state index in [0.717, 1.165) is 21.8 Å². The summed E-state index contributed by atoms with van der Waals surface area (Å²) in [6, 6.07) is 13.3. The number of aromatic nitrogens is 1. The molecule has 3 aromatic rings. The molecule has 1 heterocycles. The molecule has 4 heteroatoms. The van der Waals surface area contributed by atoms with Gasteiger partial charge in [-0.25, -0.2) is 9.37 Å². The van der Waals surface area contributed by atoms with Gasteiger partial charge in [0.25, 0.3) is 0 Å². The molecule has 0 aliphatic carbocycles. The van der Waals surface area contributed by atoms with E-state index >= 15 is 0 Å². The first kappa shape index (κ1) is 11.9. The average molecular weight is 271 g/mol. The second-order valence-corrected chi connectivity index (χ2v) is 4.96. The Labute approximate surface area is 113 Å². The smallest absolute Gasteiger partial charge is 0.124 e. The van der Waals surface area contributed by atoms with Crippen LogP contribution < -0.4 is 0 Å². The minimum absolute atomic E-state index is 0.208. The van der Waals surface area contributed by atoms with Gasteiger partial charge in [-0.15, -0.1) is 11.3 Å². The fourth-order valence-corrected chi connectivity index (χ4v) is 2.65. The van der Waals surface area contributed by atoms with Gasteiger partial charge in [-0.1, -0.05) is 24.3 Å². The van der Waals surface area contributed by atoms with Crippen LogP contribution in [0, 0.1) is 5.82 Å². The molecule has 19 heavy (non-hydrogen) atoms. The highest BCUT2D eigenvalue weighted by Gasteiger charge is 2.07. The van der Waals surface area contributed by atoms with Gasteiger partial charge in [0, 0.05) is 16.5 Å². The molecule has 3 rings (SSSR count). The molecule has 0 radical (unpaired) electrons. The van der Waals surface area contributed by atoms with Crippen LogP contribution in [0.5, 0.6) is 5.75 Å². The summed E-state index contributed by atoms with van der Waals surface area (Å²) in [7, 11) is 0. The van der Waals surface area contributed by atoms with Gasteiger partial charge in [0.05, 0.1) is 5.69 Å². The van der Waals surface area contributed by atoms with Crippen molar-refractivity contribution in [1.82, 2.24) is 4.98 Å². The number of thiazole rings is 1. The van der Waals surface area contributed by atoms with Crippen molar-refractivity contribution < 1.29 is 9.50 Å². The molecule has 0 atom stereocenters. The highest BCUT2D eigenvalue weighted by Crippen LogP contribution is 2.30. The zero-order valence-corrected chi connectivity index (χ0v) is 10.7. The summed E-state index contributed by atoms with van der Waals surface area (Å²) in [5.74, 6) is -0.0654. The molecule has 0 unspecified atom stereocenters. The molecule has 1 N–H and O–H groups in total. The summed E-state index contributed by atoms with van der Waals surface area (Å²) in [6.07, 6.45) is 0. The molecule has 1 aromatic heterocycles. The van der Waals surface area contributed by atoms with Crippen molar-refractivity contribution in [2.24, 2.45) is 0 Å². The van der Waals surface area contributed by atoms with Crippen LogP contribution in [0.1, 0.15) is 0 Å². The molecule has 0 aliphatic heterocycles. The van der Waals surface area contributed by atoms with Crippen LogP contribution in [0.15, 0.2) is 53.9 Å². The van der Waals surface area contributed by atoms with Crippen molar-refractivity contribution in [2.75, 3.05) is 0 Å². The van der Waals surface area contributed by atoms with E-state index in [-0.39, 0.29) is 11.6 Å². The standard InChI is InChI=1S/C15H10FNOS/c16-12-5-1-3-10(7-12)14-9-19-15(17-14)11-4-2-6-13(18)8-11/h1-9,18H. The van der Waals surface area contributed by atoms with Gasteiger partial charge >= 0.3 is 0 Å². The number of nitrogens with zero attached hydrogens (tertiary/aromatic N) is 1. The Balaban J connectivity index is 2.00. The maximum Gasteiger partial charge on any atom is 0.124 e. The van der Waals surface area contributed by atoms with Crippen molar-refractivity contribution in [2.45, 2.75) is 0 Å². The summed E-state index contributed by atoms with van der Waals surface area (Å²) < 4.78 is 13.2. The SMILES string of the molecule is Oc1cccc(-c2nc(-c3cccc(F)c3)cs2)c1. The molecule has 94 valence electrons.